The van der Waals surface area contributed by atoms with Gasteiger partial charge in [0.05, 0.1) is 12.7 Å². The first-order chi connectivity index (χ1) is 8.15. The van der Waals surface area contributed by atoms with E-state index in [0.29, 0.717) is 25.3 Å². The van der Waals surface area contributed by atoms with Gasteiger partial charge in [0.15, 0.2) is 0 Å². The fourth-order valence-corrected chi connectivity index (χ4v) is 1.49. The zero-order valence-electron chi connectivity index (χ0n) is 10.0. The third-order valence-corrected chi connectivity index (χ3v) is 2.31. The SMILES string of the molecule is COCC(CNCc1cc(F)cc(F)c1)OC. The summed E-state index contributed by atoms with van der Waals surface area (Å²) in [7, 11) is 3.18. The van der Waals surface area contributed by atoms with E-state index in [1.807, 2.05) is 0 Å². The van der Waals surface area contributed by atoms with Gasteiger partial charge in [0, 0.05) is 33.4 Å². The van der Waals surface area contributed by atoms with E-state index in [1.54, 1.807) is 14.2 Å². The summed E-state index contributed by atoms with van der Waals surface area (Å²) < 4.78 is 35.9. The van der Waals surface area contributed by atoms with Gasteiger partial charge in [0.2, 0.25) is 0 Å². The fraction of sp³-hybridized carbons (Fsp3) is 0.500. The lowest BCUT2D eigenvalue weighted by molar-refractivity contribution is 0.0288. The van der Waals surface area contributed by atoms with Gasteiger partial charge in [-0.1, -0.05) is 0 Å². The van der Waals surface area contributed by atoms with E-state index in [-0.39, 0.29) is 6.10 Å². The highest BCUT2D eigenvalue weighted by atomic mass is 19.1. The Balaban J connectivity index is 2.39. The van der Waals surface area contributed by atoms with Crippen molar-refractivity contribution in [1.82, 2.24) is 5.32 Å². The highest BCUT2D eigenvalue weighted by Gasteiger charge is 2.06. The van der Waals surface area contributed by atoms with Gasteiger partial charge in [-0.3, -0.25) is 0 Å². The monoisotopic (exact) mass is 245 g/mol. The number of benzene rings is 1. The van der Waals surface area contributed by atoms with Crippen molar-refractivity contribution < 1.29 is 18.3 Å². The van der Waals surface area contributed by atoms with Crippen molar-refractivity contribution in [2.75, 3.05) is 27.4 Å². The van der Waals surface area contributed by atoms with Crippen molar-refractivity contribution in [3.05, 3.63) is 35.4 Å². The molecule has 17 heavy (non-hydrogen) atoms. The molecule has 0 heterocycles. The van der Waals surface area contributed by atoms with Crippen LogP contribution in [0.25, 0.3) is 0 Å². The molecule has 1 aromatic carbocycles. The van der Waals surface area contributed by atoms with Crippen molar-refractivity contribution in [3.63, 3.8) is 0 Å². The third-order valence-electron chi connectivity index (χ3n) is 2.31. The van der Waals surface area contributed by atoms with Crippen molar-refractivity contribution in [1.29, 1.82) is 0 Å². The molecule has 5 heteroatoms. The van der Waals surface area contributed by atoms with Crippen LogP contribution in [0.15, 0.2) is 18.2 Å². The molecule has 1 aromatic rings. The summed E-state index contributed by atoms with van der Waals surface area (Å²) in [6, 6.07) is 3.45. The van der Waals surface area contributed by atoms with Crippen LogP contribution >= 0.6 is 0 Å². The fourth-order valence-electron chi connectivity index (χ4n) is 1.49. The summed E-state index contributed by atoms with van der Waals surface area (Å²) in [5, 5.41) is 3.05. The molecule has 0 aliphatic rings. The van der Waals surface area contributed by atoms with Crippen LogP contribution in [-0.4, -0.2) is 33.5 Å². The van der Waals surface area contributed by atoms with Crippen molar-refractivity contribution in [2.24, 2.45) is 0 Å². The summed E-state index contributed by atoms with van der Waals surface area (Å²) >= 11 is 0. The topological polar surface area (TPSA) is 30.5 Å². The maximum absolute atomic E-state index is 12.9. The molecule has 0 aromatic heterocycles. The largest absolute Gasteiger partial charge is 0.382 e. The predicted octanol–water partition coefficient (Wildman–Crippen LogP) is 1.72. The van der Waals surface area contributed by atoms with Crippen molar-refractivity contribution in [3.8, 4) is 0 Å². The average Bonchev–Trinajstić information content (AvgIpc) is 2.26. The van der Waals surface area contributed by atoms with E-state index < -0.39 is 11.6 Å². The Kier molecular flexibility index (Phi) is 6.04. The first-order valence-electron chi connectivity index (χ1n) is 5.33. The smallest absolute Gasteiger partial charge is 0.126 e. The van der Waals surface area contributed by atoms with Gasteiger partial charge >= 0.3 is 0 Å². The average molecular weight is 245 g/mol. The Morgan fingerprint density at radius 3 is 2.35 bits per heavy atom. The van der Waals surface area contributed by atoms with Crippen molar-refractivity contribution >= 4 is 0 Å². The number of methoxy groups -OCH3 is 2. The number of hydrogen-bond acceptors (Lipinski definition) is 3. The Bertz CT molecular complexity index is 327. The van der Waals surface area contributed by atoms with Crippen LogP contribution in [-0.2, 0) is 16.0 Å². The van der Waals surface area contributed by atoms with Crippen LogP contribution in [0.1, 0.15) is 5.56 Å². The minimum Gasteiger partial charge on any atom is -0.382 e. The quantitative estimate of drug-likeness (QED) is 0.793. The lowest BCUT2D eigenvalue weighted by atomic mass is 10.2. The third kappa shape index (κ3) is 5.21. The van der Waals surface area contributed by atoms with Gasteiger partial charge in [0.1, 0.15) is 11.6 Å². The van der Waals surface area contributed by atoms with E-state index >= 15 is 0 Å². The van der Waals surface area contributed by atoms with E-state index in [9.17, 15) is 8.78 Å². The molecular formula is C12H17F2NO2. The summed E-state index contributed by atoms with van der Waals surface area (Å²) in [6.07, 6.45) is -0.0709. The molecule has 0 radical (unpaired) electrons. The molecule has 0 saturated heterocycles. The maximum Gasteiger partial charge on any atom is 0.126 e. The lowest BCUT2D eigenvalue weighted by Gasteiger charge is -2.15. The number of halogens is 2. The first-order valence-corrected chi connectivity index (χ1v) is 5.33. The first kappa shape index (κ1) is 14.0. The molecule has 0 amide bonds. The van der Waals surface area contributed by atoms with E-state index in [2.05, 4.69) is 5.32 Å². The summed E-state index contributed by atoms with van der Waals surface area (Å²) in [5.74, 6) is -1.14. The minimum atomic E-state index is -0.568. The molecule has 0 aliphatic carbocycles. The van der Waals surface area contributed by atoms with Crippen LogP contribution in [0, 0.1) is 11.6 Å². The molecule has 0 bridgehead atoms. The van der Waals surface area contributed by atoms with Crippen molar-refractivity contribution in [2.45, 2.75) is 12.6 Å². The number of rotatable bonds is 7. The molecule has 3 nitrogen and oxygen atoms in total. The Morgan fingerprint density at radius 1 is 1.18 bits per heavy atom. The van der Waals surface area contributed by atoms with Gasteiger partial charge in [-0.25, -0.2) is 8.78 Å². The molecule has 96 valence electrons. The second kappa shape index (κ2) is 7.32. The molecular weight excluding hydrogens is 228 g/mol. The van der Waals surface area contributed by atoms with Crippen LogP contribution < -0.4 is 5.32 Å². The molecule has 1 N–H and O–H groups in total. The lowest BCUT2D eigenvalue weighted by Crippen LogP contribution is -2.31. The summed E-state index contributed by atoms with van der Waals surface area (Å²) in [6.45, 7) is 1.42. The molecule has 0 fully saturated rings. The number of hydrogen-bond donors (Lipinski definition) is 1. The van der Waals surface area contributed by atoms with Crippen LogP contribution in [0.5, 0.6) is 0 Å². The molecule has 0 aliphatic heterocycles. The zero-order valence-corrected chi connectivity index (χ0v) is 10.0. The Hall–Kier alpha value is -1.04. The highest BCUT2D eigenvalue weighted by Crippen LogP contribution is 2.07. The minimum absolute atomic E-state index is 0.0709. The van der Waals surface area contributed by atoms with Gasteiger partial charge in [0.25, 0.3) is 0 Å². The van der Waals surface area contributed by atoms with E-state index in [1.165, 1.54) is 12.1 Å². The van der Waals surface area contributed by atoms with Crippen LogP contribution in [0.4, 0.5) is 8.78 Å². The predicted molar refractivity (Wildman–Crippen MR) is 60.7 cm³/mol. The maximum atomic E-state index is 12.9. The second-order valence-electron chi connectivity index (χ2n) is 3.72. The molecule has 0 spiro atoms. The van der Waals surface area contributed by atoms with Gasteiger partial charge in [-0.2, -0.15) is 0 Å². The van der Waals surface area contributed by atoms with Crippen LogP contribution in [0.2, 0.25) is 0 Å². The van der Waals surface area contributed by atoms with Gasteiger partial charge in [-0.05, 0) is 17.7 Å². The number of nitrogens with one attached hydrogen (secondary N) is 1. The number of ether oxygens (including phenoxy) is 2. The molecule has 1 rings (SSSR count). The van der Waals surface area contributed by atoms with Crippen LogP contribution in [0.3, 0.4) is 0 Å². The Labute approximate surface area is 99.7 Å². The van der Waals surface area contributed by atoms with Gasteiger partial charge in [-0.15, -0.1) is 0 Å². The molecule has 1 unspecified atom stereocenters. The summed E-state index contributed by atoms with van der Waals surface area (Å²) in [4.78, 5) is 0. The Morgan fingerprint density at radius 2 is 1.82 bits per heavy atom. The normalized spacial score (nSPS) is 12.7. The standard InChI is InChI=1S/C12H17F2NO2/c1-16-8-12(17-2)7-15-6-9-3-10(13)5-11(14)4-9/h3-5,12,15H,6-8H2,1-2H3. The van der Waals surface area contributed by atoms with E-state index in [4.69, 9.17) is 9.47 Å². The molecule has 0 saturated carbocycles. The molecule has 1 atom stereocenters. The second-order valence-corrected chi connectivity index (χ2v) is 3.72. The van der Waals surface area contributed by atoms with E-state index in [0.717, 1.165) is 6.07 Å². The summed E-state index contributed by atoms with van der Waals surface area (Å²) in [5.41, 5.74) is 0.565. The zero-order chi connectivity index (χ0) is 12.7. The van der Waals surface area contributed by atoms with Gasteiger partial charge < -0.3 is 14.8 Å². The highest BCUT2D eigenvalue weighted by molar-refractivity contribution is 5.17.